The number of amides is 1. The van der Waals surface area contributed by atoms with Crippen molar-refractivity contribution in [1.29, 1.82) is 5.26 Å². The van der Waals surface area contributed by atoms with E-state index in [1.807, 2.05) is 0 Å². The molecule has 4 aromatic rings. The fourth-order valence-electron chi connectivity index (χ4n) is 4.71. The number of carbonyl (C=O) groups excluding carboxylic acids is 1. The molecule has 200 valence electrons. The van der Waals surface area contributed by atoms with Crippen molar-refractivity contribution in [3.63, 3.8) is 0 Å². The van der Waals surface area contributed by atoms with Gasteiger partial charge in [-0.05, 0) is 53.6 Å². The van der Waals surface area contributed by atoms with Gasteiger partial charge in [0.2, 0.25) is 0 Å². The normalized spacial score (nSPS) is 13.2. The standard InChI is InChI=1S/C28H21Cl2F2N5O.ClH/c29-19-12-23(31)20(24(32)13-19)2-1-8-36-9-6-26-22(16-36)21-10-17(14-33)3-4-25(21)37(26)28(38)35-15-18-5-7-34-27(30)11-18;/h1-5,7,10-13H,6,8-9,15-16H2,(H,35,38);1H/b2-1+;. The van der Waals surface area contributed by atoms with Gasteiger partial charge in [-0.2, -0.15) is 5.26 Å². The Morgan fingerprint density at radius 3 is 2.64 bits per heavy atom. The van der Waals surface area contributed by atoms with E-state index in [0.29, 0.717) is 42.3 Å². The second-order valence-corrected chi connectivity index (χ2v) is 9.74. The molecule has 0 spiro atoms. The van der Waals surface area contributed by atoms with E-state index in [2.05, 4.69) is 21.3 Å². The first-order valence-corrected chi connectivity index (χ1v) is 12.6. The molecule has 0 unspecified atom stereocenters. The average Bonchev–Trinajstić information content (AvgIpc) is 3.22. The minimum Gasteiger partial charge on any atom is -0.333 e. The third kappa shape index (κ3) is 6.07. The van der Waals surface area contributed by atoms with Gasteiger partial charge in [-0.3, -0.25) is 9.47 Å². The number of nitrogens with one attached hydrogen (secondary N) is 1. The predicted molar refractivity (Wildman–Crippen MR) is 150 cm³/mol. The number of benzene rings is 2. The highest BCUT2D eigenvalue weighted by molar-refractivity contribution is 6.30. The zero-order chi connectivity index (χ0) is 26.8. The highest BCUT2D eigenvalue weighted by Gasteiger charge is 2.26. The Balaban J connectivity index is 0.00000353. The molecule has 0 fully saturated rings. The number of hydrogen-bond donors (Lipinski definition) is 1. The Labute approximate surface area is 239 Å². The maximum Gasteiger partial charge on any atom is 0.326 e. The molecule has 11 heteroatoms. The van der Waals surface area contributed by atoms with E-state index in [0.717, 1.165) is 34.3 Å². The Morgan fingerprint density at radius 1 is 1.15 bits per heavy atom. The number of carbonyl (C=O) groups is 1. The van der Waals surface area contributed by atoms with Crippen LogP contribution in [0.3, 0.4) is 0 Å². The molecule has 3 heterocycles. The summed E-state index contributed by atoms with van der Waals surface area (Å²) in [6, 6.07) is 12.8. The number of aromatic nitrogens is 2. The van der Waals surface area contributed by atoms with Gasteiger partial charge in [0.1, 0.15) is 16.8 Å². The number of nitriles is 1. The van der Waals surface area contributed by atoms with Crippen LogP contribution in [0.2, 0.25) is 10.2 Å². The van der Waals surface area contributed by atoms with Crippen molar-refractivity contribution in [3.8, 4) is 6.07 Å². The number of fused-ring (bicyclic) bond motifs is 3. The lowest BCUT2D eigenvalue weighted by atomic mass is 10.0. The molecule has 6 nitrogen and oxygen atoms in total. The average molecular weight is 589 g/mol. The molecule has 0 aliphatic carbocycles. The first kappa shape index (κ1) is 28.5. The maximum absolute atomic E-state index is 14.1. The van der Waals surface area contributed by atoms with E-state index in [1.54, 1.807) is 47.2 Å². The monoisotopic (exact) mass is 587 g/mol. The largest absolute Gasteiger partial charge is 0.333 e. The second-order valence-electron chi connectivity index (χ2n) is 8.92. The van der Waals surface area contributed by atoms with Crippen molar-refractivity contribution in [3.05, 3.63) is 104 Å². The molecular weight excluding hydrogens is 567 g/mol. The molecule has 2 aromatic carbocycles. The van der Waals surface area contributed by atoms with Crippen LogP contribution in [0.15, 0.2) is 54.7 Å². The molecule has 0 radical (unpaired) electrons. The van der Waals surface area contributed by atoms with Crippen LogP contribution in [0.1, 0.15) is 27.9 Å². The number of rotatable bonds is 5. The van der Waals surface area contributed by atoms with Crippen molar-refractivity contribution < 1.29 is 13.6 Å². The molecule has 1 aliphatic heterocycles. The molecule has 0 saturated carbocycles. The molecule has 2 aromatic heterocycles. The highest BCUT2D eigenvalue weighted by Crippen LogP contribution is 2.32. The summed E-state index contributed by atoms with van der Waals surface area (Å²) < 4.78 is 29.9. The van der Waals surface area contributed by atoms with E-state index < -0.39 is 11.6 Å². The molecule has 0 atom stereocenters. The second kappa shape index (κ2) is 12.1. The van der Waals surface area contributed by atoms with Gasteiger partial charge < -0.3 is 5.32 Å². The molecule has 1 N–H and O–H groups in total. The number of nitrogens with zero attached hydrogens (tertiary/aromatic N) is 4. The van der Waals surface area contributed by atoms with E-state index in [9.17, 15) is 18.8 Å². The third-order valence-electron chi connectivity index (χ3n) is 6.49. The summed E-state index contributed by atoms with van der Waals surface area (Å²) in [7, 11) is 0. The van der Waals surface area contributed by atoms with Gasteiger partial charge in [0.05, 0.1) is 17.1 Å². The molecule has 5 rings (SSSR count). The van der Waals surface area contributed by atoms with E-state index in [4.69, 9.17) is 23.2 Å². The van der Waals surface area contributed by atoms with Crippen molar-refractivity contribution in [2.75, 3.05) is 13.1 Å². The smallest absolute Gasteiger partial charge is 0.326 e. The van der Waals surface area contributed by atoms with Gasteiger partial charge in [-0.15, -0.1) is 12.4 Å². The lowest BCUT2D eigenvalue weighted by Gasteiger charge is -2.27. The van der Waals surface area contributed by atoms with Gasteiger partial charge in [0.25, 0.3) is 0 Å². The van der Waals surface area contributed by atoms with Crippen LogP contribution in [-0.4, -0.2) is 33.6 Å². The van der Waals surface area contributed by atoms with Crippen LogP contribution in [0.5, 0.6) is 0 Å². The van der Waals surface area contributed by atoms with Crippen molar-refractivity contribution in [1.82, 2.24) is 19.8 Å². The lowest BCUT2D eigenvalue weighted by Crippen LogP contribution is -2.34. The van der Waals surface area contributed by atoms with Crippen LogP contribution in [-0.2, 0) is 19.5 Å². The van der Waals surface area contributed by atoms with Crippen LogP contribution < -0.4 is 5.32 Å². The Morgan fingerprint density at radius 2 is 1.92 bits per heavy atom. The van der Waals surface area contributed by atoms with Crippen LogP contribution >= 0.6 is 35.6 Å². The minimum atomic E-state index is -0.723. The summed E-state index contributed by atoms with van der Waals surface area (Å²) >= 11 is 11.7. The Bertz CT molecular complexity index is 1610. The predicted octanol–water partition coefficient (Wildman–Crippen LogP) is 6.74. The summed E-state index contributed by atoms with van der Waals surface area (Å²) in [4.78, 5) is 19.4. The van der Waals surface area contributed by atoms with Crippen molar-refractivity contribution in [2.45, 2.75) is 19.5 Å². The fourth-order valence-corrected chi connectivity index (χ4v) is 5.10. The van der Waals surface area contributed by atoms with Gasteiger partial charge in [-0.1, -0.05) is 35.4 Å². The first-order valence-electron chi connectivity index (χ1n) is 11.8. The zero-order valence-electron chi connectivity index (χ0n) is 20.4. The highest BCUT2D eigenvalue weighted by atomic mass is 35.5. The molecule has 0 saturated heterocycles. The SMILES string of the molecule is Cl.N#Cc1ccc2c(c1)c1c(n2C(=O)NCc2ccnc(Cl)c2)CCN(C/C=C/c2c(F)cc(Cl)cc2F)C1. The third-order valence-corrected chi connectivity index (χ3v) is 6.91. The summed E-state index contributed by atoms with van der Waals surface area (Å²) in [5.74, 6) is -1.45. The fraction of sp³-hybridized carbons (Fsp3) is 0.179. The summed E-state index contributed by atoms with van der Waals surface area (Å²) in [6.45, 7) is 1.87. The van der Waals surface area contributed by atoms with Crippen molar-refractivity contribution in [2.24, 2.45) is 0 Å². The molecule has 0 bridgehead atoms. The number of halogens is 5. The van der Waals surface area contributed by atoms with E-state index >= 15 is 0 Å². The molecule has 39 heavy (non-hydrogen) atoms. The summed E-state index contributed by atoms with van der Waals surface area (Å²) in [6.07, 6.45) is 5.27. The van der Waals surface area contributed by atoms with Crippen LogP contribution in [0, 0.1) is 23.0 Å². The maximum atomic E-state index is 14.1. The van der Waals surface area contributed by atoms with Gasteiger partial charge in [-0.25, -0.2) is 18.6 Å². The van der Waals surface area contributed by atoms with Gasteiger partial charge in [0, 0.05) is 60.5 Å². The Hall–Kier alpha value is -3.48. The lowest BCUT2D eigenvalue weighted by molar-refractivity contribution is 0.240. The number of pyridine rings is 1. The quantitative estimate of drug-likeness (QED) is 0.262. The Kier molecular flexibility index (Phi) is 8.88. The van der Waals surface area contributed by atoms with Gasteiger partial charge in [0.15, 0.2) is 0 Å². The first-order chi connectivity index (χ1) is 18.3. The molecule has 1 aliphatic rings. The van der Waals surface area contributed by atoms with Crippen molar-refractivity contribution >= 4 is 58.6 Å². The number of hydrogen-bond acceptors (Lipinski definition) is 4. The van der Waals surface area contributed by atoms with Crippen LogP contribution in [0.4, 0.5) is 13.6 Å². The molecule has 1 amide bonds. The summed E-state index contributed by atoms with van der Waals surface area (Å²) in [5.41, 5.74) is 3.70. The van der Waals surface area contributed by atoms with Crippen LogP contribution in [0.25, 0.3) is 17.0 Å². The van der Waals surface area contributed by atoms with Gasteiger partial charge >= 0.3 is 6.03 Å². The zero-order valence-corrected chi connectivity index (χ0v) is 22.8. The van der Waals surface area contributed by atoms with E-state index in [1.165, 1.54) is 6.08 Å². The topological polar surface area (TPSA) is 74.0 Å². The molecular formula is C28H22Cl3F2N5O. The minimum absolute atomic E-state index is 0. The summed E-state index contributed by atoms with van der Waals surface area (Å²) in [5, 5.41) is 13.6. The van der Waals surface area contributed by atoms with E-state index in [-0.39, 0.29) is 35.6 Å².